The van der Waals surface area contributed by atoms with Crippen molar-refractivity contribution in [2.45, 2.75) is 40.2 Å². The van der Waals surface area contributed by atoms with Crippen molar-refractivity contribution in [2.75, 3.05) is 6.61 Å². The molecule has 1 aromatic carbocycles. The SMILES string of the molecule is C=O.CC.CCCCOc1ccc(CO)cc1. The number of aliphatic hydroxyl groups is 1. The highest BCUT2D eigenvalue weighted by Gasteiger charge is 1.93. The number of unbranched alkanes of at least 4 members (excludes halogenated alkanes) is 1. The topological polar surface area (TPSA) is 46.5 Å². The average Bonchev–Trinajstić information content (AvgIpc) is 2.44. The number of hydrogen-bond donors (Lipinski definition) is 1. The smallest absolute Gasteiger partial charge is 0.119 e. The van der Waals surface area contributed by atoms with Gasteiger partial charge in [-0.05, 0) is 24.1 Å². The normalized spacial score (nSPS) is 8.24. The van der Waals surface area contributed by atoms with Gasteiger partial charge in [-0.15, -0.1) is 0 Å². The Morgan fingerprint density at radius 2 is 1.71 bits per heavy atom. The first kappa shape index (κ1) is 18.0. The zero-order valence-corrected chi connectivity index (χ0v) is 11.1. The lowest BCUT2D eigenvalue weighted by atomic mass is 10.2. The van der Waals surface area contributed by atoms with Crippen LogP contribution in [-0.4, -0.2) is 18.5 Å². The summed E-state index contributed by atoms with van der Waals surface area (Å²) in [5.41, 5.74) is 0.919. The predicted molar refractivity (Wildman–Crippen MR) is 71.2 cm³/mol. The van der Waals surface area contributed by atoms with Crippen LogP contribution in [0.1, 0.15) is 39.2 Å². The molecule has 3 nitrogen and oxygen atoms in total. The zero-order valence-electron chi connectivity index (χ0n) is 11.1. The molecule has 17 heavy (non-hydrogen) atoms. The molecule has 0 bridgehead atoms. The van der Waals surface area contributed by atoms with Crippen molar-refractivity contribution in [1.82, 2.24) is 0 Å². The molecule has 0 fully saturated rings. The van der Waals surface area contributed by atoms with Gasteiger partial charge in [0.2, 0.25) is 0 Å². The molecular formula is C14H24O3. The van der Waals surface area contributed by atoms with E-state index in [1.54, 1.807) is 0 Å². The van der Waals surface area contributed by atoms with Crippen LogP contribution in [0.4, 0.5) is 0 Å². The van der Waals surface area contributed by atoms with Gasteiger partial charge in [0.25, 0.3) is 0 Å². The lowest BCUT2D eigenvalue weighted by molar-refractivity contribution is -0.0979. The van der Waals surface area contributed by atoms with E-state index < -0.39 is 0 Å². The molecular weight excluding hydrogens is 216 g/mol. The predicted octanol–water partition coefficient (Wildman–Crippen LogP) is 3.20. The fraction of sp³-hybridized carbons (Fsp3) is 0.500. The summed E-state index contributed by atoms with van der Waals surface area (Å²) in [6, 6.07) is 7.53. The van der Waals surface area contributed by atoms with Gasteiger partial charge >= 0.3 is 0 Å². The maximum Gasteiger partial charge on any atom is 0.119 e. The second kappa shape index (κ2) is 14.6. The highest BCUT2D eigenvalue weighted by Crippen LogP contribution is 2.12. The van der Waals surface area contributed by atoms with Crippen LogP contribution in [0.15, 0.2) is 24.3 Å². The Hall–Kier alpha value is -1.35. The summed E-state index contributed by atoms with van der Waals surface area (Å²) in [4.78, 5) is 8.00. The zero-order chi connectivity index (χ0) is 13.5. The Labute approximate surface area is 104 Å². The fourth-order valence-electron chi connectivity index (χ4n) is 1.03. The van der Waals surface area contributed by atoms with Crippen LogP contribution in [0.25, 0.3) is 0 Å². The molecule has 0 heterocycles. The molecule has 1 aromatic rings. The van der Waals surface area contributed by atoms with Crippen LogP contribution < -0.4 is 4.74 Å². The number of benzene rings is 1. The summed E-state index contributed by atoms with van der Waals surface area (Å²) in [5, 5.41) is 8.80. The average molecular weight is 240 g/mol. The molecule has 0 atom stereocenters. The lowest BCUT2D eigenvalue weighted by Crippen LogP contribution is -1.96. The standard InChI is InChI=1S/C11H16O2.C2H6.CH2O/c1-2-3-8-13-11-6-4-10(9-12)5-7-11;2*1-2/h4-7,12H,2-3,8-9H2,1H3;1-2H3;1H2. The minimum absolute atomic E-state index is 0.0925. The van der Waals surface area contributed by atoms with Gasteiger partial charge in [0.05, 0.1) is 13.2 Å². The lowest BCUT2D eigenvalue weighted by Gasteiger charge is -2.05. The summed E-state index contributed by atoms with van der Waals surface area (Å²) in [6.45, 7) is 9.00. The van der Waals surface area contributed by atoms with E-state index in [0.29, 0.717) is 0 Å². The summed E-state index contributed by atoms with van der Waals surface area (Å²) < 4.78 is 5.46. The third kappa shape index (κ3) is 9.57. The van der Waals surface area contributed by atoms with E-state index in [-0.39, 0.29) is 6.61 Å². The van der Waals surface area contributed by atoms with Gasteiger partial charge < -0.3 is 14.6 Å². The van der Waals surface area contributed by atoms with Crippen LogP contribution >= 0.6 is 0 Å². The molecule has 0 aliphatic rings. The number of ether oxygens (including phenoxy) is 1. The molecule has 0 spiro atoms. The third-order valence-electron chi connectivity index (χ3n) is 1.87. The van der Waals surface area contributed by atoms with Gasteiger partial charge in [-0.25, -0.2) is 0 Å². The molecule has 1 rings (SSSR count). The molecule has 0 amide bonds. The molecule has 0 aromatic heterocycles. The largest absolute Gasteiger partial charge is 0.494 e. The molecule has 0 radical (unpaired) electrons. The van der Waals surface area contributed by atoms with Crippen molar-refractivity contribution < 1.29 is 14.6 Å². The first-order valence-corrected chi connectivity index (χ1v) is 5.98. The van der Waals surface area contributed by atoms with Crippen LogP contribution in [0.2, 0.25) is 0 Å². The van der Waals surface area contributed by atoms with Gasteiger partial charge in [0, 0.05) is 0 Å². The minimum Gasteiger partial charge on any atom is -0.494 e. The molecule has 1 N–H and O–H groups in total. The highest BCUT2D eigenvalue weighted by molar-refractivity contribution is 5.26. The number of carbonyl (C=O) groups excluding carboxylic acids is 1. The molecule has 98 valence electrons. The Morgan fingerprint density at radius 1 is 1.18 bits per heavy atom. The van der Waals surface area contributed by atoms with Crippen LogP contribution in [0.3, 0.4) is 0 Å². The molecule has 0 saturated carbocycles. The van der Waals surface area contributed by atoms with Gasteiger partial charge in [0.1, 0.15) is 12.5 Å². The molecule has 0 saturated heterocycles. The first-order chi connectivity index (χ1) is 8.36. The quantitative estimate of drug-likeness (QED) is 0.804. The summed E-state index contributed by atoms with van der Waals surface area (Å²) in [6.07, 6.45) is 2.23. The maximum absolute atomic E-state index is 8.80. The van der Waals surface area contributed by atoms with E-state index >= 15 is 0 Å². The fourth-order valence-corrected chi connectivity index (χ4v) is 1.03. The Kier molecular flexibility index (Phi) is 15.5. The van der Waals surface area contributed by atoms with E-state index in [0.717, 1.165) is 30.8 Å². The Balaban J connectivity index is 0. The van der Waals surface area contributed by atoms with E-state index in [4.69, 9.17) is 14.6 Å². The van der Waals surface area contributed by atoms with Gasteiger partial charge in [-0.1, -0.05) is 39.3 Å². The first-order valence-electron chi connectivity index (χ1n) is 5.98. The number of rotatable bonds is 5. The van der Waals surface area contributed by atoms with E-state index in [1.165, 1.54) is 0 Å². The van der Waals surface area contributed by atoms with Crippen molar-refractivity contribution in [2.24, 2.45) is 0 Å². The third-order valence-corrected chi connectivity index (χ3v) is 1.87. The maximum atomic E-state index is 8.80. The molecule has 0 aliphatic heterocycles. The van der Waals surface area contributed by atoms with Crippen molar-refractivity contribution in [3.05, 3.63) is 29.8 Å². The van der Waals surface area contributed by atoms with Crippen molar-refractivity contribution in [3.63, 3.8) is 0 Å². The van der Waals surface area contributed by atoms with E-state index in [1.807, 2.05) is 44.9 Å². The van der Waals surface area contributed by atoms with Crippen LogP contribution in [0, 0.1) is 0 Å². The summed E-state index contributed by atoms with van der Waals surface area (Å²) in [5.74, 6) is 0.880. The van der Waals surface area contributed by atoms with E-state index in [9.17, 15) is 0 Å². The Morgan fingerprint density at radius 3 is 2.12 bits per heavy atom. The van der Waals surface area contributed by atoms with Gasteiger partial charge in [-0.3, -0.25) is 0 Å². The van der Waals surface area contributed by atoms with Gasteiger partial charge in [-0.2, -0.15) is 0 Å². The van der Waals surface area contributed by atoms with Crippen LogP contribution in [-0.2, 0) is 11.4 Å². The monoisotopic (exact) mass is 240 g/mol. The molecule has 0 aliphatic carbocycles. The number of carbonyl (C=O) groups is 1. The van der Waals surface area contributed by atoms with Crippen molar-refractivity contribution in [3.8, 4) is 5.75 Å². The minimum atomic E-state index is 0.0925. The molecule has 3 heteroatoms. The number of hydrogen-bond acceptors (Lipinski definition) is 3. The molecule has 0 unspecified atom stereocenters. The summed E-state index contributed by atoms with van der Waals surface area (Å²) >= 11 is 0. The van der Waals surface area contributed by atoms with Gasteiger partial charge in [0.15, 0.2) is 0 Å². The van der Waals surface area contributed by atoms with Crippen LogP contribution in [0.5, 0.6) is 5.75 Å². The van der Waals surface area contributed by atoms with E-state index in [2.05, 4.69) is 6.92 Å². The number of aliphatic hydroxyl groups excluding tert-OH is 1. The Bertz CT molecular complexity index is 244. The van der Waals surface area contributed by atoms with Crippen molar-refractivity contribution in [1.29, 1.82) is 0 Å². The summed E-state index contributed by atoms with van der Waals surface area (Å²) in [7, 11) is 0. The van der Waals surface area contributed by atoms with Crippen molar-refractivity contribution >= 4 is 6.79 Å². The second-order valence-corrected chi connectivity index (χ2v) is 3.00. The second-order valence-electron chi connectivity index (χ2n) is 3.00. The highest BCUT2D eigenvalue weighted by atomic mass is 16.5.